The third kappa shape index (κ3) is 4.76. The van der Waals surface area contributed by atoms with Crippen molar-refractivity contribution in [1.82, 2.24) is 25.2 Å². The van der Waals surface area contributed by atoms with Crippen LogP contribution in [-0.2, 0) is 4.79 Å². The predicted octanol–water partition coefficient (Wildman–Crippen LogP) is 3.68. The molecule has 1 aliphatic rings. The number of hydrogen-bond acceptors (Lipinski definition) is 5. The van der Waals surface area contributed by atoms with Crippen LogP contribution in [0.2, 0.25) is 0 Å². The Morgan fingerprint density at radius 1 is 1.34 bits per heavy atom. The molecule has 2 aromatic heterocycles. The van der Waals surface area contributed by atoms with Crippen molar-refractivity contribution in [3.05, 3.63) is 65.6 Å². The maximum absolute atomic E-state index is 13.4. The second-order valence-corrected chi connectivity index (χ2v) is 8.80. The number of likely N-dealkylation sites (tertiary alicyclic amines) is 1. The number of aromatic nitrogens is 3. The maximum atomic E-state index is 13.4. The number of carbonyl (C=O) groups is 2. The Balaban J connectivity index is 1.72. The average Bonchev–Trinajstić information content (AvgIpc) is 3.43. The fourth-order valence-electron chi connectivity index (χ4n) is 4.56. The molecule has 8 nitrogen and oxygen atoms in total. The van der Waals surface area contributed by atoms with E-state index in [-0.39, 0.29) is 35.6 Å². The Hall–Kier alpha value is -4.12. The fraction of sp³-hybridized carbons (Fsp3) is 0.333. The van der Waals surface area contributed by atoms with Crippen molar-refractivity contribution in [1.29, 1.82) is 0 Å². The molecule has 0 radical (unpaired) electrons. The summed E-state index contributed by atoms with van der Waals surface area (Å²) in [6.07, 6.45) is 2.67. The smallest absolute Gasteiger partial charge is 0.255 e. The molecule has 3 aromatic rings. The van der Waals surface area contributed by atoms with E-state index < -0.39 is 0 Å². The molecule has 4 rings (SSSR count). The molecule has 0 aliphatic carbocycles. The first-order valence-electron chi connectivity index (χ1n) is 11.8. The van der Waals surface area contributed by atoms with Gasteiger partial charge < -0.3 is 20.9 Å². The molecule has 2 amide bonds. The normalized spacial score (nSPS) is 18.1. The fourth-order valence-corrected chi connectivity index (χ4v) is 4.56. The van der Waals surface area contributed by atoms with Crippen molar-refractivity contribution >= 4 is 28.7 Å². The van der Waals surface area contributed by atoms with Crippen LogP contribution in [0.4, 0.5) is 5.82 Å². The first-order valence-corrected chi connectivity index (χ1v) is 11.8. The van der Waals surface area contributed by atoms with E-state index in [0.29, 0.717) is 41.1 Å². The summed E-state index contributed by atoms with van der Waals surface area (Å²) in [5.74, 6) is 6.35. The quantitative estimate of drug-likeness (QED) is 0.388. The lowest BCUT2D eigenvalue weighted by molar-refractivity contribution is -0.126. The highest BCUT2D eigenvalue weighted by molar-refractivity contribution is 6.11. The van der Waals surface area contributed by atoms with Crippen molar-refractivity contribution in [2.75, 3.05) is 12.3 Å². The number of fused-ring (bicyclic) bond motifs is 1. The second-order valence-electron chi connectivity index (χ2n) is 8.80. The monoisotopic (exact) mass is 470 g/mol. The molecular weight excluding hydrogens is 440 g/mol. The first kappa shape index (κ1) is 24.0. The summed E-state index contributed by atoms with van der Waals surface area (Å²) in [7, 11) is 0. The zero-order valence-corrected chi connectivity index (χ0v) is 20.3. The lowest BCUT2D eigenvalue weighted by Crippen LogP contribution is -2.32. The third-order valence-corrected chi connectivity index (χ3v) is 6.36. The first-order chi connectivity index (χ1) is 16.8. The summed E-state index contributed by atoms with van der Waals surface area (Å²) in [5.41, 5.74) is 8.66. The molecule has 0 spiro atoms. The van der Waals surface area contributed by atoms with Crippen LogP contribution in [0.15, 0.2) is 43.0 Å². The van der Waals surface area contributed by atoms with Crippen LogP contribution < -0.4 is 11.1 Å². The molecule has 3 atom stereocenters. The molecule has 180 valence electrons. The van der Waals surface area contributed by atoms with Crippen LogP contribution in [0.5, 0.6) is 0 Å². The van der Waals surface area contributed by atoms with Gasteiger partial charge in [0.05, 0.1) is 17.0 Å². The van der Waals surface area contributed by atoms with Gasteiger partial charge in [-0.2, -0.15) is 0 Å². The number of carbonyl (C=O) groups excluding carboxylic acids is 2. The molecule has 8 heteroatoms. The van der Waals surface area contributed by atoms with Crippen molar-refractivity contribution < 1.29 is 9.59 Å². The molecule has 1 aliphatic heterocycles. The molecule has 3 heterocycles. The van der Waals surface area contributed by atoms with Gasteiger partial charge >= 0.3 is 0 Å². The van der Waals surface area contributed by atoms with Gasteiger partial charge in [0.1, 0.15) is 23.0 Å². The molecule has 0 saturated carbocycles. The number of nitrogens with zero attached hydrogens (tertiary/aromatic N) is 3. The highest BCUT2D eigenvalue weighted by Crippen LogP contribution is 2.33. The van der Waals surface area contributed by atoms with Crippen molar-refractivity contribution in [2.45, 2.75) is 51.6 Å². The van der Waals surface area contributed by atoms with E-state index >= 15 is 0 Å². The number of anilines is 1. The van der Waals surface area contributed by atoms with Gasteiger partial charge in [-0.15, -0.1) is 0 Å². The van der Waals surface area contributed by atoms with Crippen LogP contribution in [0.3, 0.4) is 0 Å². The predicted molar refractivity (Wildman–Crippen MR) is 137 cm³/mol. The maximum Gasteiger partial charge on any atom is 0.255 e. The molecular formula is C27H30N6O2. The van der Waals surface area contributed by atoms with Crippen LogP contribution in [0, 0.1) is 11.8 Å². The Morgan fingerprint density at radius 3 is 2.77 bits per heavy atom. The Labute approximate surface area is 205 Å². The summed E-state index contributed by atoms with van der Waals surface area (Å²) in [4.78, 5) is 39.8. The second kappa shape index (κ2) is 10.0. The topological polar surface area (TPSA) is 117 Å². The van der Waals surface area contributed by atoms with E-state index in [9.17, 15) is 9.59 Å². The molecule has 1 aromatic carbocycles. The molecule has 0 bridgehead atoms. The van der Waals surface area contributed by atoms with Gasteiger partial charge in [0.15, 0.2) is 0 Å². The van der Waals surface area contributed by atoms with E-state index in [1.54, 1.807) is 4.90 Å². The number of H-pyrrole nitrogens is 1. The van der Waals surface area contributed by atoms with Gasteiger partial charge in [0, 0.05) is 24.9 Å². The Kier molecular flexibility index (Phi) is 6.87. The Morgan fingerprint density at radius 2 is 2.09 bits per heavy atom. The summed E-state index contributed by atoms with van der Waals surface area (Å²) >= 11 is 0. The average molecular weight is 471 g/mol. The molecule has 0 unspecified atom stereocenters. The molecule has 35 heavy (non-hydrogen) atoms. The molecule has 1 saturated heterocycles. The number of nitrogens with one attached hydrogen (secondary N) is 2. The number of nitrogen functional groups attached to an aromatic ring is 1. The van der Waals surface area contributed by atoms with Gasteiger partial charge in [-0.25, -0.2) is 9.97 Å². The standard InChI is InChI=1S/C27H30N6O2/c1-5-7-13-20-22(27(35)29-17(4)18-11-9-8-10-12-18)23-24(28)31-25(32-26(23)30-20)19-14-16(3)33(15-19)21(34)6-2/h6,8-12,16-17,19H,2,5,14-15H2,1,3-4H3,(H,29,35)(H3,28,30,31,32)/t16-,17+,19+/m0/s1. The number of amides is 2. The molecule has 4 N–H and O–H groups in total. The van der Waals surface area contributed by atoms with Crippen LogP contribution >= 0.6 is 0 Å². The van der Waals surface area contributed by atoms with Crippen molar-refractivity contribution in [2.24, 2.45) is 0 Å². The van der Waals surface area contributed by atoms with E-state index in [4.69, 9.17) is 10.7 Å². The SMILES string of the molecule is C=CC(=O)N1C[C@H](c2nc(N)c3c(C(=O)N[C@H](C)c4ccccc4)c(C#CCC)[nH]c3n2)C[C@@H]1C. The zero-order valence-electron chi connectivity index (χ0n) is 20.3. The minimum Gasteiger partial charge on any atom is -0.383 e. The van der Waals surface area contributed by atoms with E-state index in [1.165, 1.54) is 6.08 Å². The summed E-state index contributed by atoms with van der Waals surface area (Å²) in [6, 6.07) is 9.56. The number of rotatable bonds is 5. The largest absolute Gasteiger partial charge is 0.383 e. The highest BCUT2D eigenvalue weighted by Gasteiger charge is 2.34. The number of aromatic amines is 1. The van der Waals surface area contributed by atoms with Gasteiger partial charge in [-0.1, -0.05) is 49.8 Å². The highest BCUT2D eigenvalue weighted by atomic mass is 16.2. The summed E-state index contributed by atoms with van der Waals surface area (Å²) < 4.78 is 0. The van der Waals surface area contributed by atoms with Gasteiger partial charge in [-0.3, -0.25) is 9.59 Å². The number of hydrogen-bond donors (Lipinski definition) is 3. The Bertz CT molecular complexity index is 1330. The van der Waals surface area contributed by atoms with Crippen LogP contribution in [-0.4, -0.2) is 44.3 Å². The van der Waals surface area contributed by atoms with E-state index in [0.717, 1.165) is 12.0 Å². The third-order valence-electron chi connectivity index (χ3n) is 6.36. The van der Waals surface area contributed by atoms with E-state index in [1.807, 2.05) is 51.1 Å². The zero-order chi connectivity index (χ0) is 25.1. The minimum atomic E-state index is -0.298. The van der Waals surface area contributed by atoms with Gasteiger partial charge in [0.2, 0.25) is 5.91 Å². The number of benzene rings is 1. The van der Waals surface area contributed by atoms with Crippen LogP contribution in [0.1, 0.15) is 73.0 Å². The molecule has 1 fully saturated rings. The van der Waals surface area contributed by atoms with E-state index in [2.05, 4.69) is 33.7 Å². The minimum absolute atomic E-state index is 0.0430. The van der Waals surface area contributed by atoms with Gasteiger partial charge in [0.25, 0.3) is 5.91 Å². The summed E-state index contributed by atoms with van der Waals surface area (Å²) in [5, 5.41) is 3.50. The number of nitrogens with two attached hydrogens (primary N) is 1. The summed E-state index contributed by atoms with van der Waals surface area (Å²) in [6.45, 7) is 9.94. The van der Waals surface area contributed by atoms with Crippen molar-refractivity contribution in [3.8, 4) is 11.8 Å². The van der Waals surface area contributed by atoms with Gasteiger partial charge in [-0.05, 0) is 37.8 Å². The van der Waals surface area contributed by atoms with Crippen LogP contribution in [0.25, 0.3) is 11.0 Å². The lowest BCUT2D eigenvalue weighted by Gasteiger charge is -2.19. The van der Waals surface area contributed by atoms with Crippen molar-refractivity contribution in [3.63, 3.8) is 0 Å². The lowest BCUT2D eigenvalue weighted by atomic mass is 10.0.